The van der Waals surface area contributed by atoms with Gasteiger partial charge in [0.15, 0.2) is 0 Å². The van der Waals surface area contributed by atoms with E-state index in [1.165, 1.54) is 11.3 Å². The van der Waals surface area contributed by atoms with Gasteiger partial charge in [-0.2, -0.15) is 0 Å². The Labute approximate surface area is 119 Å². The van der Waals surface area contributed by atoms with E-state index in [0.29, 0.717) is 0 Å². The van der Waals surface area contributed by atoms with E-state index in [9.17, 15) is 4.79 Å². The summed E-state index contributed by atoms with van der Waals surface area (Å²) in [6.07, 6.45) is 4.24. The third-order valence-corrected chi connectivity index (χ3v) is 4.00. The van der Waals surface area contributed by atoms with Gasteiger partial charge in [-0.05, 0) is 37.8 Å². The fourth-order valence-corrected chi connectivity index (χ4v) is 3.04. The molecule has 0 bridgehead atoms. The molecule has 0 spiro atoms. The monoisotopic (exact) mass is 288 g/mol. The summed E-state index contributed by atoms with van der Waals surface area (Å²) >= 11 is 1.75. The molecular weight excluding hydrogens is 268 g/mol. The molecule has 1 fully saturated rings. The van der Waals surface area contributed by atoms with Crippen molar-refractivity contribution in [3.63, 3.8) is 0 Å². The maximum Gasteiger partial charge on any atom is 0.237 e. The number of carbonyl (C=O) groups is 1. The predicted octanol–water partition coefficient (Wildman–Crippen LogP) is 2.36. The van der Waals surface area contributed by atoms with Gasteiger partial charge in [-0.15, -0.1) is 23.7 Å². The molecule has 1 aliphatic rings. The molecule has 1 saturated heterocycles. The molecule has 0 saturated carbocycles. The van der Waals surface area contributed by atoms with E-state index in [1.54, 1.807) is 11.3 Å². The third-order valence-electron chi connectivity index (χ3n) is 3.10. The van der Waals surface area contributed by atoms with Gasteiger partial charge >= 0.3 is 0 Å². The van der Waals surface area contributed by atoms with Crippen LogP contribution in [0.15, 0.2) is 17.5 Å². The van der Waals surface area contributed by atoms with Gasteiger partial charge in [0, 0.05) is 17.3 Å². The molecule has 102 valence electrons. The first kappa shape index (κ1) is 15.5. The quantitative estimate of drug-likeness (QED) is 0.893. The van der Waals surface area contributed by atoms with Crippen LogP contribution in [0.4, 0.5) is 0 Å². The highest BCUT2D eigenvalue weighted by molar-refractivity contribution is 7.09. The van der Waals surface area contributed by atoms with Gasteiger partial charge < -0.3 is 10.6 Å². The van der Waals surface area contributed by atoms with Crippen LogP contribution in [0.2, 0.25) is 0 Å². The third kappa shape index (κ3) is 4.59. The average Bonchev–Trinajstić information content (AvgIpc) is 2.82. The number of rotatable bonds is 4. The Morgan fingerprint density at radius 1 is 1.61 bits per heavy atom. The number of hydrogen-bond acceptors (Lipinski definition) is 3. The first-order valence-corrected chi connectivity index (χ1v) is 7.20. The topological polar surface area (TPSA) is 41.1 Å². The number of nitrogens with one attached hydrogen (secondary N) is 2. The van der Waals surface area contributed by atoms with Gasteiger partial charge in [-0.25, -0.2) is 0 Å². The molecule has 2 N–H and O–H groups in total. The number of carbonyl (C=O) groups excluding carboxylic acids is 1. The van der Waals surface area contributed by atoms with Crippen LogP contribution < -0.4 is 10.6 Å². The first-order valence-electron chi connectivity index (χ1n) is 6.32. The fraction of sp³-hybridized carbons (Fsp3) is 0.615. The highest BCUT2D eigenvalue weighted by Crippen LogP contribution is 2.12. The number of thiophene rings is 1. The van der Waals surface area contributed by atoms with Crippen LogP contribution in [0.1, 0.15) is 31.1 Å². The van der Waals surface area contributed by atoms with Crippen LogP contribution in [0, 0.1) is 0 Å². The molecule has 5 heteroatoms. The zero-order valence-electron chi connectivity index (χ0n) is 10.6. The molecule has 2 heterocycles. The van der Waals surface area contributed by atoms with E-state index in [4.69, 9.17) is 0 Å². The van der Waals surface area contributed by atoms with Crippen LogP contribution in [0.3, 0.4) is 0 Å². The van der Waals surface area contributed by atoms with Crippen molar-refractivity contribution >= 4 is 29.7 Å². The molecule has 18 heavy (non-hydrogen) atoms. The predicted molar refractivity (Wildman–Crippen MR) is 78.5 cm³/mol. The summed E-state index contributed by atoms with van der Waals surface area (Å²) in [5.41, 5.74) is 0. The second-order valence-corrected chi connectivity index (χ2v) is 5.73. The Hall–Kier alpha value is -0.580. The van der Waals surface area contributed by atoms with E-state index in [1.807, 2.05) is 0 Å². The summed E-state index contributed by atoms with van der Waals surface area (Å²) in [5.74, 6) is 0.161. The Kier molecular flexibility index (Phi) is 6.68. The zero-order chi connectivity index (χ0) is 12.1. The van der Waals surface area contributed by atoms with Gasteiger partial charge in [0.2, 0.25) is 5.91 Å². The molecule has 1 aliphatic heterocycles. The lowest BCUT2D eigenvalue weighted by molar-refractivity contribution is -0.124. The maximum atomic E-state index is 12.0. The molecule has 0 aromatic carbocycles. The van der Waals surface area contributed by atoms with Gasteiger partial charge in [0.1, 0.15) is 0 Å². The number of hydrogen-bond donors (Lipinski definition) is 2. The lowest BCUT2D eigenvalue weighted by Gasteiger charge is -2.24. The summed E-state index contributed by atoms with van der Waals surface area (Å²) in [6, 6.07) is 4.41. The Balaban J connectivity index is 0.00000162. The largest absolute Gasteiger partial charge is 0.352 e. The molecule has 0 radical (unpaired) electrons. The van der Waals surface area contributed by atoms with Gasteiger partial charge in [0.05, 0.1) is 6.04 Å². The molecule has 2 rings (SSSR count). The van der Waals surface area contributed by atoms with Crippen molar-refractivity contribution in [2.45, 2.75) is 44.7 Å². The van der Waals surface area contributed by atoms with E-state index < -0.39 is 0 Å². The summed E-state index contributed by atoms with van der Waals surface area (Å²) in [6.45, 7) is 3.04. The maximum absolute atomic E-state index is 12.0. The molecule has 3 nitrogen and oxygen atoms in total. The molecule has 1 aromatic rings. The number of piperidine rings is 1. The van der Waals surface area contributed by atoms with Crippen molar-refractivity contribution in [3.05, 3.63) is 22.4 Å². The SMILES string of the molecule is CC(Cc1cccs1)NC(=O)[C@H]1CCCCN1.Cl. The highest BCUT2D eigenvalue weighted by Gasteiger charge is 2.21. The van der Waals surface area contributed by atoms with Gasteiger partial charge in [-0.1, -0.05) is 12.5 Å². The lowest BCUT2D eigenvalue weighted by Crippen LogP contribution is -2.49. The van der Waals surface area contributed by atoms with Gasteiger partial charge in [0.25, 0.3) is 0 Å². The Morgan fingerprint density at radius 2 is 2.44 bits per heavy atom. The minimum atomic E-state index is 0. The van der Waals surface area contributed by atoms with Crippen LogP contribution in [-0.2, 0) is 11.2 Å². The van der Waals surface area contributed by atoms with Crippen molar-refractivity contribution in [1.29, 1.82) is 0 Å². The zero-order valence-corrected chi connectivity index (χ0v) is 12.3. The summed E-state index contributed by atoms with van der Waals surface area (Å²) < 4.78 is 0. The minimum absolute atomic E-state index is 0. The second kappa shape index (κ2) is 7.77. The van der Waals surface area contributed by atoms with E-state index in [0.717, 1.165) is 25.8 Å². The van der Waals surface area contributed by atoms with Crippen molar-refractivity contribution in [3.8, 4) is 0 Å². The molecular formula is C13H21ClN2OS. The molecule has 1 aromatic heterocycles. The normalized spacial score (nSPS) is 20.8. The molecule has 1 unspecified atom stereocenters. The Bertz CT molecular complexity index is 350. The van der Waals surface area contributed by atoms with Crippen LogP contribution in [0.5, 0.6) is 0 Å². The summed E-state index contributed by atoms with van der Waals surface area (Å²) in [4.78, 5) is 13.3. The van der Waals surface area contributed by atoms with Crippen molar-refractivity contribution in [2.24, 2.45) is 0 Å². The lowest BCUT2D eigenvalue weighted by atomic mass is 10.0. The summed E-state index contributed by atoms with van der Waals surface area (Å²) in [5, 5.41) is 8.44. The second-order valence-electron chi connectivity index (χ2n) is 4.70. The number of amides is 1. The van der Waals surface area contributed by atoms with Crippen molar-refractivity contribution < 1.29 is 4.79 Å². The van der Waals surface area contributed by atoms with Gasteiger partial charge in [-0.3, -0.25) is 4.79 Å². The van der Waals surface area contributed by atoms with Crippen molar-refractivity contribution in [1.82, 2.24) is 10.6 Å². The average molecular weight is 289 g/mol. The van der Waals surface area contributed by atoms with Crippen LogP contribution >= 0.6 is 23.7 Å². The molecule has 2 atom stereocenters. The molecule has 0 aliphatic carbocycles. The first-order chi connectivity index (χ1) is 8.25. The fourth-order valence-electron chi connectivity index (χ4n) is 2.20. The van der Waals surface area contributed by atoms with E-state index in [2.05, 4.69) is 35.1 Å². The highest BCUT2D eigenvalue weighted by atomic mass is 35.5. The van der Waals surface area contributed by atoms with E-state index in [-0.39, 0.29) is 30.4 Å². The Morgan fingerprint density at radius 3 is 3.06 bits per heavy atom. The van der Waals surface area contributed by atoms with E-state index >= 15 is 0 Å². The van der Waals surface area contributed by atoms with Crippen molar-refractivity contribution in [2.75, 3.05) is 6.54 Å². The number of halogens is 1. The summed E-state index contributed by atoms with van der Waals surface area (Å²) in [7, 11) is 0. The van der Waals surface area contributed by atoms with Crippen LogP contribution in [-0.4, -0.2) is 24.5 Å². The van der Waals surface area contributed by atoms with Crippen LogP contribution in [0.25, 0.3) is 0 Å². The standard InChI is InChI=1S/C13H20N2OS.ClH/c1-10(9-11-5-4-8-17-11)15-13(16)12-6-2-3-7-14-12;/h4-5,8,10,12,14H,2-3,6-7,9H2,1H3,(H,15,16);1H/t10?,12-;/m1./s1. The molecule has 1 amide bonds. The minimum Gasteiger partial charge on any atom is -0.352 e. The smallest absolute Gasteiger partial charge is 0.237 e.